The van der Waals surface area contributed by atoms with Gasteiger partial charge in [-0.05, 0) is 34.1 Å². The summed E-state index contributed by atoms with van der Waals surface area (Å²) in [6, 6.07) is 5.22. The Morgan fingerprint density at radius 2 is 2.32 bits per heavy atom. The zero-order valence-electron chi connectivity index (χ0n) is 10.6. The molecule has 6 heteroatoms. The van der Waals surface area contributed by atoms with E-state index in [1.165, 1.54) is 0 Å². The Labute approximate surface area is 120 Å². The second kappa shape index (κ2) is 6.16. The maximum atomic E-state index is 12.1. The van der Waals surface area contributed by atoms with E-state index in [-0.39, 0.29) is 24.8 Å². The normalized spacial score (nSPS) is 16.0. The van der Waals surface area contributed by atoms with Crippen molar-refractivity contribution in [3.8, 4) is 5.75 Å². The van der Waals surface area contributed by atoms with E-state index in [2.05, 4.69) is 21.2 Å². The monoisotopic (exact) mass is 326 g/mol. The SMILES string of the molecule is COc1ccc(C(=O)CN2CCNC(=O)C2)cc1Br. The fourth-order valence-electron chi connectivity index (χ4n) is 1.96. The number of piperazine rings is 1. The minimum absolute atomic E-state index is 0.00180. The molecule has 5 nitrogen and oxygen atoms in total. The summed E-state index contributed by atoms with van der Waals surface area (Å²) in [6.07, 6.45) is 0. The summed E-state index contributed by atoms with van der Waals surface area (Å²) in [5.41, 5.74) is 0.610. The molecule has 19 heavy (non-hydrogen) atoms. The molecule has 1 heterocycles. The number of carbonyl (C=O) groups excluding carboxylic acids is 2. The average molecular weight is 327 g/mol. The molecule has 1 aliphatic rings. The molecule has 0 aromatic heterocycles. The average Bonchev–Trinajstić information content (AvgIpc) is 2.38. The first kappa shape index (κ1) is 14.0. The van der Waals surface area contributed by atoms with Crippen LogP contribution in [0.15, 0.2) is 22.7 Å². The first-order chi connectivity index (χ1) is 9.10. The number of halogens is 1. The first-order valence-electron chi connectivity index (χ1n) is 5.96. The third kappa shape index (κ3) is 3.54. The van der Waals surface area contributed by atoms with Crippen LogP contribution in [0.25, 0.3) is 0 Å². The molecule has 102 valence electrons. The summed E-state index contributed by atoms with van der Waals surface area (Å²) in [7, 11) is 1.58. The van der Waals surface area contributed by atoms with Crippen molar-refractivity contribution in [1.29, 1.82) is 0 Å². The maximum Gasteiger partial charge on any atom is 0.234 e. The molecule has 0 saturated carbocycles. The number of hydrogen-bond donors (Lipinski definition) is 1. The summed E-state index contributed by atoms with van der Waals surface area (Å²) in [5.74, 6) is 0.655. The number of ether oxygens (including phenoxy) is 1. The van der Waals surface area contributed by atoms with Crippen LogP contribution in [0, 0.1) is 0 Å². The van der Waals surface area contributed by atoms with Gasteiger partial charge < -0.3 is 10.1 Å². The standard InChI is InChI=1S/C13H15BrN2O3/c1-19-12-3-2-9(6-10(12)14)11(17)7-16-5-4-15-13(18)8-16/h2-3,6H,4-5,7-8H2,1H3,(H,15,18). The molecule has 1 aromatic rings. The van der Waals surface area contributed by atoms with Gasteiger partial charge in [-0.3, -0.25) is 14.5 Å². The second-order valence-corrected chi connectivity index (χ2v) is 5.19. The van der Waals surface area contributed by atoms with Gasteiger partial charge in [0.15, 0.2) is 5.78 Å². The van der Waals surface area contributed by atoms with Gasteiger partial charge in [0, 0.05) is 18.7 Å². The van der Waals surface area contributed by atoms with Gasteiger partial charge in [0.05, 0.1) is 24.7 Å². The van der Waals surface area contributed by atoms with Gasteiger partial charge in [0.25, 0.3) is 0 Å². The van der Waals surface area contributed by atoms with E-state index < -0.39 is 0 Å². The molecule has 0 bridgehead atoms. The van der Waals surface area contributed by atoms with E-state index in [1.54, 1.807) is 25.3 Å². The van der Waals surface area contributed by atoms with Crippen LogP contribution < -0.4 is 10.1 Å². The van der Waals surface area contributed by atoms with Gasteiger partial charge >= 0.3 is 0 Å². The number of carbonyl (C=O) groups is 2. The van der Waals surface area contributed by atoms with Crippen molar-refractivity contribution in [2.75, 3.05) is 33.3 Å². The predicted molar refractivity (Wildman–Crippen MR) is 74.5 cm³/mol. The zero-order valence-corrected chi connectivity index (χ0v) is 12.2. The molecule has 2 rings (SSSR count). The molecule has 0 aliphatic carbocycles. The number of ketones is 1. The van der Waals surface area contributed by atoms with E-state index in [4.69, 9.17) is 4.74 Å². The number of benzene rings is 1. The van der Waals surface area contributed by atoms with Crippen LogP contribution >= 0.6 is 15.9 Å². The topological polar surface area (TPSA) is 58.6 Å². The van der Waals surface area contributed by atoms with Crippen LogP contribution in [0.4, 0.5) is 0 Å². The van der Waals surface area contributed by atoms with E-state index in [9.17, 15) is 9.59 Å². The molecule has 0 unspecified atom stereocenters. The van der Waals surface area contributed by atoms with E-state index >= 15 is 0 Å². The Bertz CT molecular complexity index is 505. The summed E-state index contributed by atoms with van der Waals surface area (Å²) in [4.78, 5) is 25.2. The molecular formula is C13H15BrN2O3. The van der Waals surface area contributed by atoms with Crippen molar-refractivity contribution in [3.63, 3.8) is 0 Å². The van der Waals surface area contributed by atoms with Crippen LogP contribution in [0.1, 0.15) is 10.4 Å². The highest BCUT2D eigenvalue weighted by molar-refractivity contribution is 9.10. The Balaban J connectivity index is 2.03. The van der Waals surface area contributed by atoms with Gasteiger partial charge in [-0.2, -0.15) is 0 Å². The quantitative estimate of drug-likeness (QED) is 0.841. The van der Waals surface area contributed by atoms with Crippen LogP contribution in [-0.4, -0.2) is 49.9 Å². The number of amides is 1. The molecule has 0 radical (unpaired) electrons. The van der Waals surface area contributed by atoms with Gasteiger partial charge in [-0.1, -0.05) is 0 Å². The van der Waals surface area contributed by atoms with Crippen LogP contribution in [0.2, 0.25) is 0 Å². The Morgan fingerprint density at radius 3 is 2.95 bits per heavy atom. The minimum atomic E-state index is -0.0324. The molecule has 1 amide bonds. The fraction of sp³-hybridized carbons (Fsp3) is 0.385. The van der Waals surface area contributed by atoms with Crippen LogP contribution in [0.3, 0.4) is 0 Å². The lowest BCUT2D eigenvalue weighted by atomic mass is 10.1. The summed E-state index contributed by atoms with van der Waals surface area (Å²) in [6.45, 7) is 1.84. The highest BCUT2D eigenvalue weighted by Crippen LogP contribution is 2.25. The highest BCUT2D eigenvalue weighted by Gasteiger charge is 2.19. The van der Waals surface area contributed by atoms with Gasteiger partial charge in [0.2, 0.25) is 5.91 Å². The molecule has 0 atom stereocenters. The van der Waals surface area contributed by atoms with Crippen molar-refractivity contribution < 1.29 is 14.3 Å². The van der Waals surface area contributed by atoms with Crippen LogP contribution in [-0.2, 0) is 4.79 Å². The summed E-state index contributed by atoms with van der Waals surface area (Å²) >= 11 is 3.36. The Kier molecular flexibility index (Phi) is 4.55. The number of nitrogens with one attached hydrogen (secondary N) is 1. The van der Waals surface area contributed by atoms with E-state index in [0.29, 0.717) is 24.4 Å². The zero-order chi connectivity index (χ0) is 13.8. The Morgan fingerprint density at radius 1 is 1.53 bits per heavy atom. The molecule has 1 aliphatic heterocycles. The van der Waals surface area contributed by atoms with Crippen molar-refractivity contribution in [2.24, 2.45) is 0 Å². The molecule has 1 saturated heterocycles. The van der Waals surface area contributed by atoms with Crippen LogP contribution in [0.5, 0.6) is 5.75 Å². The third-order valence-corrected chi connectivity index (χ3v) is 3.58. The van der Waals surface area contributed by atoms with Crippen molar-refractivity contribution >= 4 is 27.6 Å². The minimum Gasteiger partial charge on any atom is -0.496 e. The second-order valence-electron chi connectivity index (χ2n) is 4.33. The van der Waals surface area contributed by atoms with E-state index in [0.717, 1.165) is 4.47 Å². The number of nitrogens with zero attached hydrogens (tertiary/aromatic N) is 1. The predicted octanol–water partition coefficient (Wildman–Crippen LogP) is 1.07. The maximum absolute atomic E-state index is 12.1. The Hall–Kier alpha value is -1.40. The lowest BCUT2D eigenvalue weighted by Crippen LogP contribution is -2.49. The summed E-state index contributed by atoms with van der Waals surface area (Å²) < 4.78 is 5.87. The number of methoxy groups -OCH3 is 1. The first-order valence-corrected chi connectivity index (χ1v) is 6.75. The molecular weight excluding hydrogens is 312 g/mol. The largest absolute Gasteiger partial charge is 0.496 e. The molecule has 1 fully saturated rings. The van der Waals surface area contributed by atoms with Crippen molar-refractivity contribution in [3.05, 3.63) is 28.2 Å². The molecule has 1 N–H and O–H groups in total. The lowest BCUT2D eigenvalue weighted by Gasteiger charge is -2.25. The van der Waals surface area contributed by atoms with Crippen molar-refractivity contribution in [1.82, 2.24) is 10.2 Å². The molecule has 0 spiro atoms. The number of rotatable bonds is 4. The molecule has 1 aromatic carbocycles. The van der Waals surface area contributed by atoms with Gasteiger partial charge in [-0.25, -0.2) is 0 Å². The fourth-order valence-corrected chi connectivity index (χ4v) is 2.50. The van der Waals surface area contributed by atoms with Gasteiger partial charge in [-0.15, -0.1) is 0 Å². The third-order valence-electron chi connectivity index (χ3n) is 2.96. The van der Waals surface area contributed by atoms with Crippen molar-refractivity contribution in [2.45, 2.75) is 0 Å². The number of Topliss-reactive ketones (excluding diaryl/α,β-unsaturated/α-hetero) is 1. The van der Waals surface area contributed by atoms with Gasteiger partial charge in [0.1, 0.15) is 5.75 Å². The highest BCUT2D eigenvalue weighted by atomic mass is 79.9. The summed E-state index contributed by atoms with van der Waals surface area (Å²) in [5, 5.41) is 2.73. The van der Waals surface area contributed by atoms with E-state index in [1.807, 2.05) is 4.90 Å². The smallest absolute Gasteiger partial charge is 0.234 e. The lowest BCUT2D eigenvalue weighted by molar-refractivity contribution is -0.123. The number of hydrogen-bond acceptors (Lipinski definition) is 4.